The number of carbonyl (C=O) groups is 2. The molecule has 1 aliphatic heterocycles. The molecule has 10 heteroatoms. The predicted molar refractivity (Wildman–Crippen MR) is 132 cm³/mol. The van der Waals surface area contributed by atoms with E-state index in [1.54, 1.807) is 24.8 Å². The van der Waals surface area contributed by atoms with Crippen LogP contribution in [0.2, 0.25) is 0 Å². The molecule has 0 spiro atoms. The molecule has 2 aromatic rings. The molecule has 0 bridgehead atoms. The van der Waals surface area contributed by atoms with Gasteiger partial charge in [-0.05, 0) is 49.9 Å². The Kier molecular flexibility index (Phi) is 8.65. The maximum absolute atomic E-state index is 11.8. The summed E-state index contributed by atoms with van der Waals surface area (Å²) in [4.78, 5) is 36.0. The molecule has 0 unspecified atom stereocenters. The van der Waals surface area contributed by atoms with Crippen molar-refractivity contribution in [2.75, 3.05) is 13.7 Å². The second-order valence-electron chi connectivity index (χ2n) is 8.52. The number of aliphatic carboxylic acids is 2. The van der Waals surface area contributed by atoms with Crippen LogP contribution in [0.15, 0.2) is 52.4 Å². The van der Waals surface area contributed by atoms with Gasteiger partial charge in [0, 0.05) is 48.5 Å². The predicted octanol–water partition coefficient (Wildman–Crippen LogP) is 2.35. The Morgan fingerprint density at radius 1 is 1.14 bits per heavy atom. The summed E-state index contributed by atoms with van der Waals surface area (Å²) < 4.78 is 12.9. The number of pyridine rings is 1. The van der Waals surface area contributed by atoms with Crippen LogP contribution >= 0.6 is 0 Å². The highest BCUT2D eigenvalue weighted by atomic mass is 16.5. The Morgan fingerprint density at radius 2 is 1.83 bits per heavy atom. The molecule has 1 aromatic heterocycles. The molecule has 10 nitrogen and oxygen atoms in total. The molecule has 3 N–H and O–H groups in total. The van der Waals surface area contributed by atoms with Gasteiger partial charge in [0.25, 0.3) is 0 Å². The largest absolute Gasteiger partial charge is 0.493 e. The molecular formula is C26H30N2O8. The summed E-state index contributed by atoms with van der Waals surface area (Å²) in [7, 11) is 3.37. The van der Waals surface area contributed by atoms with E-state index in [0.717, 1.165) is 35.2 Å². The number of hydrogen-bond donors (Lipinski definition) is 3. The van der Waals surface area contributed by atoms with E-state index in [9.17, 15) is 19.5 Å². The number of carboxylic acids is 2. The number of rotatable bonds is 6. The molecule has 4 rings (SSSR count). The SMILES string of the molecule is CCOc1cc2c(cc1OC)C(c1ccc(=O)n(C)c1)=N[C@@H]1CC[C@@H](O)C[C@H]21.O=C(O)/C=C/C(=O)O. The first-order valence-electron chi connectivity index (χ1n) is 11.6. The van der Waals surface area contributed by atoms with Gasteiger partial charge >= 0.3 is 11.9 Å². The van der Waals surface area contributed by atoms with Gasteiger partial charge in [0.15, 0.2) is 11.5 Å². The number of aliphatic imine (C=N–C) groups is 1. The van der Waals surface area contributed by atoms with Crippen LogP contribution in [0.5, 0.6) is 11.5 Å². The van der Waals surface area contributed by atoms with E-state index in [-0.39, 0.29) is 23.6 Å². The van der Waals surface area contributed by atoms with Crippen molar-refractivity contribution in [3.8, 4) is 11.5 Å². The Balaban J connectivity index is 0.000000392. The summed E-state index contributed by atoms with van der Waals surface area (Å²) in [6.07, 6.45) is 4.93. The summed E-state index contributed by atoms with van der Waals surface area (Å²) in [5.41, 5.74) is 3.83. The van der Waals surface area contributed by atoms with Gasteiger partial charge in [0.1, 0.15) is 0 Å². The molecule has 2 aliphatic rings. The molecule has 1 saturated carbocycles. The molecular weight excluding hydrogens is 468 g/mol. The highest BCUT2D eigenvalue weighted by Gasteiger charge is 2.37. The second kappa shape index (κ2) is 11.7. The summed E-state index contributed by atoms with van der Waals surface area (Å²) in [6, 6.07) is 7.53. The minimum Gasteiger partial charge on any atom is -0.493 e. The molecule has 3 atom stereocenters. The lowest BCUT2D eigenvalue weighted by atomic mass is 9.74. The summed E-state index contributed by atoms with van der Waals surface area (Å²) >= 11 is 0. The maximum Gasteiger partial charge on any atom is 0.328 e. The summed E-state index contributed by atoms with van der Waals surface area (Å²) in [6.45, 7) is 2.50. The quantitative estimate of drug-likeness (QED) is 0.514. The number of methoxy groups -OCH3 is 1. The molecule has 36 heavy (non-hydrogen) atoms. The highest BCUT2D eigenvalue weighted by Crippen LogP contribution is 2.44. The number of ether oxygens (including phenoxy) is 2. The van der Waals surface area contributed by atoms with Crippen molar-refractivity contribution in [2.24, 2.45) is 12.0 Å². The zero-order valence-electron chi connectivity index (χ0n) is 20.4. The third kappa shape index (κ3) is 6.19. The fraction of sp³-hybridized carbons (Fsp3) is 0.385. The molecule has 1 aromatic carbocycles. The van der Waals surface area contributed by atoms with Crippen LogP contribution in [-0.4, -0.2) is 63.4 Å². The lowest BCUT2D eigenvalue weighted by Crippen LogP contribution is -2.34. The van der Waals surface area contributed by atoms with Crippen molar-refractivity contribution in [2.45, 2.75) is 44.2 Å². The smallest absolute Gasteiger partial charge is 0.328 e. The fourth-order valence-corrected chi connectivity index (χ4v) is 4.48. The Labute approximate surface area is 208 Å². The van der Waals surface area contributed by atoms with Gasteiger partial charge in [-0.15, -0.1) is 0 Å². The van der Waals surface area contributed by atoms with Crippen LogP contribution in [0.4, 0.5) is 0 Å². The lowest BCUT2D eigenvalue weighted by molar-refractivity contribution is -0.134. The minimum atomic E-state index is -1.26. The number of aryl methyl sites for hydroxylation is 1. The van der Waals surface area contributed by atoms with Crippen LogP contribution in [0.25, 0.3) is 0 Å². The van der Waals surface area contributed by atoms with E-state index < -0.39 is 11.9 Å². The second-order valence-corrected chi connectivity index (χ2v) is 8.52. The lowest BCUT2D eigenvalue weighted by Gasteiger charge is -2.37. The van der Waals surface area contributed by atoms with Crippen LogP contribution in [0, 0.1) is 0 Å². The number of carboxylic acid groups (broad SMARTS) is 2. The van der Waals surface area contributed by atoms with Gasteiger partial charge < -0.3 is 29.4 Å². The number of nitrogens with zero attached hydrogens (tertiary/aromatic N) is 2. The zero-order chi connectivity index (χ0) is 26.4. The monoisotopic (exact) mass is 498 g/mol. The Morgan fingerprint density at radius 3 is 2.42 bits per heavy atom. The average Bonchev–Trinajstić information content (AvgIpc) is 2.84. The summed E-state index contributed by atoms with van der Waals surface area (Å²) in [5.74, 6) is -0.989. The van der Waals surface area contributed by atoms with E-state index >= 15 is 0 Å². The van der Waals surface area contributed by atoms with E-state index in [1.807, 2.05) is 31.3 Å². The third-order valence-corrected chi connectivity index (χ3v) is 6.10. The fourth-order valence-electron chi connectivity index (χ4n) is 4.48. The van der Waals surface area contributed by atoms with E-state index in [2.05, 4.69) is 0 Å². The topological polar surface area (TPSA) is 148 Å². The normalized spacial score (nSPS) is 20.3. The molecule has 1 fully saturated rings. The van der Waals surface area contributed by atoms with Crippen LogP contribution in [-0.2, 0) is 16.6 Å². The molecule has 0 amide bonds. The van der Waals surface area contributed by atoms with Crippen molar-refractivity contribution in [1.82, 2.24) is 4.57 Å². The van der Waals surface area contributed by atoms with Crippen molar-refractivity contribution in [3.63, 3.8) is 0 Å². The molecule has 192 valence electrons. The number of aliphatic hydroxyl groups is 1. The van der Waals surface area contributed by atoms with E-state index in [4.69, 9.17) is 24.7 Å². The van der Waals surface area contributed by atoms with E-state index in [0.29, 0.717) is 36.7 Å². The number of hydrogen-bond acceptors (Lipinski definition) is 7. The van der Waals surface area contributed by atoms with Gasteiger partial charge in [-0.2, -0.15) is 0 Å². The maximum atomic E-state index is 11.8. The molecule has 1 aliphatic carbocycles. The molecule has 2 heterocycles. The van der Waals surface area contributed by atoms with Gasteiger partial charge in [-0.1, -0.05) is 0 Å². The Bertz CT molecular complexity index is 1230. The van der Waals surface area contributed by atoms with Gasteiger partial charge in [0.2, 0.25) is 5.56 Å². The van der Waals surface area contributed by atoms with Crippen molar-refractivity contribution >= 4 is 17.7 Å². The van der Waals surface area contributed by atoms with Crippen LogP contribution in [0.3, 0.4) is 0 Å². The van der Waals surface area contributed by atoms with E-state index in [1.165, 1.54) is 0 Å². The first-order chi connectivity index (χ1) is 17.1. The van der Waals surface area contributed by atoms with Gasteiger partial charge in [-0.25, -0.2) is 9.59 Å². The number of aliphatic hydroxyl groups excluding tert-OH is 1. The molecule has 0 radical (unpaired) electrons. The van der Waals surface area contributed by atoms with Crippen molar-refractivity contribution in [1.29, 1.82) is 0 Å². The Hall–Kier alpha value is -3.92. The standard InChI is InChI=1S/C22H26N2O4.C4H4O4/c1-4-28-20-10-15-16-9-14(25)6-7-18(16)23-22(17(15)11-19(20)27-3)13-5-8-21(26)24(2)12-13;5-3(6)1-2-4(7)8/h5,8,10-12,14,16,18,25H,4,6-7,9H2,1-3H3;1-2H,(H,5,6)(H,7,8)/b;2-1+/t14-,16-,18-;/m1./s1. The van der Waals surface area contributed by atoms with Crippen molar-refractivity contribution in [3.05, 3.63) is 69.7 Å². The zero-order valence-corrected chi connectivity index (χ0v) is 20.4. The first-order valence-corrected chi connectivity index (χ1v) is 11.6. The highest BCUT2D eigenvalue weighted by molar-refractivity contribution is 6.14. The third-order valence-electron chi connectivity index (χ3n) is 6.10. The first kappa shape index (κ1) is 26.7. The minimum absolute atomic E-state index is 0.0525. The number of aromatic nitrogens is 1. The van der Waals surface area contributed by atoms with Crippen LogP contribution in [0.1, 0.15) is 48.8 Å². The van der Waals surface area contributed by atoms with Crippen molar-refractivity contribution < 1.29 is 34.4 Å². The average molecular weight is 499 g/mol. The van der Waals surface area contributed by atoms with Gasteiger partial charge in [-0.3, -0.25) is 9.79 Å². The number of fused-ring (bicyclic) bond motifs is 3. The number of benzene rings is 1. The molecule has 0 saturated heterocycles. The summed E-state index contributed by atoms with van der Waals surface area (Å²) in [5, 5.41) is 25.9. The van der Waals surface area contributed by atoms with Gasteiger partial charge in [0.05, 0.1) is 31.6 Å². The van der Waals surface area contributed by atoms with Crippen LogP contribution < -0.4 is 15.0 Å².